The van der Waals surface area contributed by atoms with Crippen molar-refractivity contribution in [3.8, 4) is 0 Å². The number of aryl methyl sites for hydroxylation is 1. The molecule has 1 saturated heterocycles. The fourth-order valence-electron chi connectivity index (χ4n) is 2.61. The molecule has 2 aromatic rings. The van der Waals surface area contributed by atoms with Crippen LogP contribution in [0.5, 0.6) is 0 Å². The number of nitrogens with one attached hydrogen (secondary N) is 1. The summed E-state index contributed by atoms with van der Waals surface area (Å²) in [6.07, 6.45) is 0. The van der Waals surface area contributed by atoms with Crippen LogP contribution < -0.4 is 5.32 Å². The number of anilines is 1. The van der Waals surface area contributed by atoms with Gasteiger partial charge in [-0.2, -0.15) is 0 Å². The molecular weight excluding hydrogens is 346 g/mol. The Morgan fingerprint density at radius 2 is 2.00 bits per heavy atom. The molecular formula is C18H16F2N2O2S. The summed E-state index contributed by atoms with van der Waals surface area (Å²) in [6.45, 7) is 1.77. The first-order valence-corrected chi connectivity index (χ1v) is 8.82. The Morgan fingerprint density at radius 1 is 1.20 bits per heavy atom. The maximum atomic E-state index is 14.0. The van der Waals surface area contributed by atoms with Crippen molar-refractivity contribution in [3.05, 3.63) is 65.2 Å². The molecule has 0 spiro atoms. The first kappa shape index (κ1) is 17.4. The van der Waals surface area contributed by atoms with E-state index in [0.717, 1.165) is 5.56 Å². The van der Waals surface area contributed by atoms with E-state index in [9.17, 15) is 18.4 Å². The Balaban J connectivity index is 1.79. The number of hydrogen-bond acceptors (Lipinski definition) is 3. The Morgan fingerprint density at radius 3 is 2.76 bits per heavy atom. The van der Waals surface area contributed by atoms with Gasteiger partial charge in [0.1, 0.15) is 17.7 Å². The molecule has 2 aromatic carbocycles. The molecule has 0 radical (unpaired) electrons. The van der Waals surface area contributed by atoms with Gasteiger partial charge in [0, 0.05) is 11.4 Å². The highest BCUT2D eigenvalue weighted by Crippen LogP contribution is 2.25. The summed E-state index contributed by atoms with van der Waals surface area (Å²) >= 11 is 1.41. The minimum atomic E-state index is -0.735. The summed E-state index contributed by atoms with van der Waals surface area (Å²) in [6, 6.07) is 9.09. The van der Waals surface area contributed by atoms with Crippen LogP contribution in [0.3, 0.4) is 0 Å². The topological polar surface area (TPSA) is 49.4 Å². The monoisotopic (exact) mass is 362 g/mol. The maximum absolute atomic E-state index is 14.0. The minimum absolute atomic E-state index is 0.0499. The van der Waals surface area contributed by atoms with Gasteiger partial charge >= 0.3 is 0 Å². The molecule has 25 heavy (non-hydrogen) atoms. The quantitative estimate of drug-likeness (QED) is 0.910. The lowest BCUT2D eigenvalue weighted by atomic mass is 10.1. The predicted octanol–water partition coefficient (Wildman–Crippen LogP) is 3.43. The SMILES string of the molecule is Cc1ccc(F)c(C(=O)N2CSCC2C(=O)Nc2cccc(F)c2)c1. The third-order valence-electron chi connectivity index (χ3n) is 3.89. The second-order valence-electron chi connectivity index (χ2n) is 5.77. The van der Waals surface area contributed by atoms with Gasteiger partial charge in [-0.1, -0.05) is 17.7 Å². The van der Waals surface area contributed by atoms with Crippen molar-refractivity contribution >= 4 is 29.3 Å². The molecule has 0 saturated carbocycles. The number of hydrogen-bond donors (Lipinski definition) is 1. The normalized spacial score (nSPS) is 16.8. The van der Waals surface area contributed by atoms with Crippen LogP contribution in [0.2, 0.25) is 0 Å². The Kier molecular flexibility index (Phi) is 5.03. The fraction of sp³-hybridized carbons (Fsp3) is 0.222. The van der Waals surface area contributed by atoms with Crippen LogP contribution in [0.1, 0.15) is 15.9 Å². The van der Waals surface area contributed by atoms with Crippen molar-refractivity contribution in [1.29, 1.82) is 0 Å². The summed E-state index contributed by atoms with van der Waals surface area (Å²) < 4.78 is 27.2. The van der Waals surface area contributed by atoms with Gasteiger partial charge < -0.3 is 10.2 Å². The number of amides is 2. The van der Waals surface area contributed by atoms with Crippen molar-refractivity contribution in [2.75, 3.05) is 16.9 Å². The number of carbonyl (C=O) groups excluding carboxylic acids is 2. The van der Waals surface area contributed by atoms with Gasteiger partial charge in [-0.05, 0) is 37.3 Å². The van der Waals surface area contributed by atoms with E-state index in [1.165, 1.54) is 47.0 Å². The highest BCUT2D eigenvalue weighted by molar-refractivity contribution is 7.99. The summed E-state index contributed by atoms with van der Waals surface area (Å²) in [5.41, 5.74) is 1.03. The third-order valence-corrected chi connectivity index (χ3v) is 4.90. The molecule has 1 aliphatic heterocycles. The summed E-state index contributed by atoms with van der Waals surface area (Å²) in [5, 5.41) is 2.61. The molecule has 4 nitrogen and oxygen atoms in total. The third kappa shape index (κ3) is 3.82. The van der Waals surface area contributed by atoms with Gasteiger partial charge in [0.15, 0.2) is 0 Å². The fourth-order valence-corrected chi connectivity index (χ4v) is 3.76. The molecule has 1 fully saturated rings. The van der Waals surface area contributed by atoms with E-state index in [0.29, 0.717) is 17.3 Å². The van der Waals surface area contributed by atoms with E-state index >= 15 is 0 Å². The summed E-state index contributed by atoms with van der Waals surface area (Å²) in [5.74, 6) is -1.32. The van der Waals surface area contributed by atoms with Crippen LogP contribution in [0.25, 0.3) is 0 Å². The predicted molar refractivity (Wildman–Crippen MR) is 93.4 cm³/mol. The molecule has 1 heterocycles. The molecule has 1 atom stereocenters. The second-order valence-corrected chi connectivity index (χ2v) is 6.77. The second kappa shape index (κ2) is 7.23. The Labute approximate surface area is 148 Å². The average Bonchev–Trinajstić information content (AvgIpc) is 3.06. The van der Waals surface area contributed by atoms with Gasteiger partial charge in [0.25, 0.3) is 5.91 Å². The van der Waals surface area contributed by atoms with Crippen molar-refractivity contribution in [2.24, 2.45) is 0 Å². The van der Waals surface area contributed by atoms with Crippen LogP contribution in [-0.4, -0.2) is 34.4 Å². The van der Waals surface area contributed by atoms with Crippen molar-refractivity contribution in [2.45, 2.75) is 13.0 Å². The first-order valence-electron chi connectivity index (χ1n) is 7.67. The number of rotatable bonds is 3. The zero-order chi connectivity index (χ0) is 18.0. The van der Waals surface area contributed by atoms with E-state index in [2.05, 4.69) is 5.32 Å². The molecule has 0 aliphatic carbocycles. The van der Waals surface area contributed by atoms with Gasteiger partial charge in [-0.3, -0.25) is 9.59 Å². The Hall–Kier alpha value is -2.41. The Bertz CT molecular complexity index is 828. The van der Waals surface area contributed by atoms with Crippen molar-refractivity contribution in [3.63, 3.8) is 0 Å². The number of nitrogens with zero attached hydrogens (tertiary/aromatic N) is 1. The van der Waals surface area contributed by atoms with Gasteiger partial charge in [-0.15, -0.1) is 11.8 Å². The van der Waals surface area contributed by atoms with Crippen LogP contribution in [0, 0.1) is 18.6 Å². The van der Waals surface area contributed by atoms with Crippen LogP contribution in [-0.2, 0) is 4.79 Å². The molecule has 1 N–H and O–H groups in total. The van der Waals surface area contributed by atoms with Gasteiger partial charge in [0.2, 0.25) is 5.91 Å². The number of thioether (sulfide) groups is 1. The van der Waals surface area contributed by atoms with Crippen molar-refractivity contribution < 1.29 is 18.4 Å². The maximum Gasteiger partial charge on any atom is 0.258 e. The lowest BCUT2D eigenvalue weighted by Gasteiger charge is -2.23. The minimum Gasteiger partial charge on any atom is -0.324 e. The zero-order valence-electron chi connectivity index (χ0n) is 13.5. The highest BCUT2D eigenvalue weighted by Gasteiger charge is 2.36. The van der Waals surface area contributed by atoms with E-state index in [1.807, 2.05) is 0 Å². The molecule has 0 bridgehead atoms. The molecule has 0 aromatic heterocycles. The van der Waals surface area contributed by atoms with E-state index in [4.69, 9.17) is 0 Å². The summed E-state index contributed by atoms with van der Waals surface area (Å²) in [4.78, 5) is 26.5. The molecule has 2 amide bonds. The van der Waals surface area contributed by atoms with Crippen LogP contribution >= 0.6 is 11.8 Å². The smallest absolute Gasteiger partial charge is 0.258 e. The van der Waals surface area contributed by atoms with Crippen LogP contribution in [0.4, 0.5) is 14.5 Å². The van der Waals surface area contributed by atoms with E-state index in [-0.39, 0.29) is 5.56 Å². The molecule has 130 valence electrons. The van der Waals surface area contributed by atoms with E-state index < -0.39 is 29.5 Å². The summed E-state index contributed by atoms with van der Waals surface area (Å²) in [7, 11) is 0. The molecule has 1 aliphatic rings. The zero-order valence-corrected chi connectivity index (χ0v) is 14.3. The standard InChI is InChI=1S/C18H16F2N2O2S/c1-11-5-6-15(20)14(7-11)18(24)22-10-25-9-16(22)17(23)21-13-4-2-3-12(19)8-13/h2-8,16H,9-10H2,1H3,(H,21,23). The van der Waals surface area contributed by atoms with E-state index in [1.54, 1.807) is 19.1 Å². The lowest BCUT2D eigenvalue weighted by molar-refractivity contribution is -0.119. The molecule has 7 heteroatoms. The average molecular weight is 362 g/mol. The number of halogens is 2. The first-order chi connectivity index (χ1) is 12.0. The largest absolute Gasteiger partial charge is 0.324 e. The van der Waals surface area contributed by atoms with Gasteiger partial charge in [-0.25, -0.2) is 8.78 Å². The number of carbonyl (C=O) groups is 2. The lowest BCUT2D eigenvalue weighted by Crippen LogP contribution is -2.44. The van der Waals surface area contributed by atoms with Crippen molar-refractivity contribution in [1.82, 2.24) is 4.90 Å². The molecule has 3 rings (SSSR count). The highest BCUT2D eigenvalue weighted by atomic mass is 32.2. The molecule has 1 unspecified atom stereocenters. The van der Waals surface area contributed by atoms with Gasteiger partial charge in [0.05, 0.1) is 11.4 Å². The number of benzene rings is 2. The van der Waals surface area contributed by atoms with Crippen LogP contribution in [0.15, 0.2) is 42.5 Å².